The third-order valence-electron chi connectivity index (χ3n) is 2.70. The molecule has 0 aromatic heterocycles. The first-order chi connectivity index (χ1) is 7.46. The van der Waals surface area contributed by atoms with Crippen molar-refractivity contribution in [1.29, 1.82) is 0 Å². The maximum absolute atomic E-state index is 5.52. The van der Waals surface area contributed by atoms with E-state index in [1.165, 1.54) is 5.56 Å². The first-order valence-electron chi connectivity index (χ1n) is 5.76. The van der Waals surface area contributed by atoms with E-state index in [1.54, 1.807) is 0 Å². The summed E-state index contributed by atoms with van der Waals surface area (Å²) in [4.78, 5) is 0. The second-order valence-corrected chi connectivity index (χ2v) is 5.05. The molecule has 0 amide bonds. The van der Waals surface area contributed by atoms with Crippen LogP contribution in [0.1, 0.15) is 39.3 Å². The van der Waals surface area contributed by atoms with E-state index in [2.05, 4.69) is 49.4 Å². The second kappa shape index (κ2) is 5.18. The molecule has 1 N–H and O–H groups in total. The average Bonchev–Trinajstić information content (AvgIpc) is 2.27. The van der Waals surface area contributed by atoms with E-state index in [1.807, 2.05) is 19.9 Å². The highest BCUT2D eigenvalue weighted by Crippen LogP contribution is 2.23. The summed E-state index contributed by atoms with van der Waals surface area (Å²) in [5.74, 6) is 3.29. The fraction of sp³-hybridized carbons (Fsp3) is 0.467. The van der Waals surface area contributed by atoms with Gasteiger partial charge in [0.25, 0.3) is 0 Å². The van der Waals surface area contributed by atoms with E-state index in [0.29, 0.717) is 12.0 Å². The van der Waals surface area contributed by atoms with Gasteiger partial charge in [-0.2, -0.15) is 0 Å². The molecule has 0 aliphatic heterocycles. The molecule has 0 heterocycles. The summed E-state index contributed by atoms with van der Waals surface area (Å²) in [5, 5.41) is 3.52. The molecule has 0 spiro atoms. The predicted molar refractivity (Wildman–Crippen MR) is 70.1 cm³/mol. The first-order valence-corrected chi connectivity index (χ1v) is 5.76. The van der Waals surface area contributed by atoms with Crippen LogP contribution < -0.4 is 5.32 Å². The zero-order valence-corrected chi connectivity index (χ0v) is 10.6. The van der Waals surface area contributed by atoms with Gasteiger partial charge in [-0.1, -0.05) is 50.1 Å². The van der Waals surface area contributed by atoms with E-state index in [0.717, 1.165) is 0 Å². The number of nitrogens with one attached hydrogen (secondary N) is 1. The molecule has 0 saturated heterocycles. The molecule has 0 bridgehead atoms. The fourth-order valence-corrected chi connectivity index (χ4v) is 1.73. The second-order valence-electron chi connectivity index (χ2n) is 5.05. The van der Waals surface area contributed by atoms with Gasteiger partial charge < -0.3 is 0 Å². The van der Waals surface area contributed by atoms with Gasteiger partial charge >= 0.3 is 0 Å². The van der Waals surface area contributed by atoms with Gasteiger partial charge in [0.2, 0.25) is 0 Å². The summed E-state index contributed by atoms with van der Waals surface area (Å²) in [6.45, 7) is 8.48. The maximum Gasteiger partial charge on any atom is 0.0746 e. The highest BCUT2D eigenvalue weighted by Gasteiger charge is 2.23. The Bertz CT molecular complexity index is 357. The maximum atomic E-state index is 5.52. The minimum atomic E-state index is -0.273. The molecule has 16 heavy (non-hydrogen) atoms. The largest absolute Gasteiger partial charge is 0.294 e. The first kappa shape index (κ1) is 12.8. The average molecular weight is 215 g/mol. The Morgan fingerprint density at radius 2 is 1.75 bits per heavy atom. The van der Waals surface area contributed by atoms with E-state index in [-0.39, 0.29) is 5.54 Å². The van der Waals surface area contributed by atoms with Gasteiger partial charge in [0.05, 0.1) is 5.54 Å². The van der Waals surface area contributed by atoms with Crippen LogP contribution in [0.4, 0.5) is 0 Å². The molecular weight excluding hydrogens is 194 g/mol. The van der Waals surface area contributed by atoms with E-state index >= 15 is 0 Å². The van der Waals surface area contributed by atoms with Gasteiger partial charge in [-0.05, 0) is 25.3 Å². The number of hydrogen-bond donors (Lipinski definition) is 1. The van der Waals surface area contributed by atoms with Crippen LogP contribution in [0.15, 0.2) is 30.3 Å². The minimum Gasteiger partial charge on any atom is -0.294 e. The monoisotopic (exact) mass is 215 g/mol. The van der Waals surface area contributed by atoms with Crippen LogP contribution in [-0.2, 0) is 0 Å². The Labute approximate surface area is 99.3 Å². The van der Waals surface area contributed by atoms with Gasteiger partial charge in [-0.25, -0.2) is 0 Å². The van der Waals surface area contributed by atoms with Crippen LogP contribution >= 0.6 is 0 Å². The molecule has 1 heteroatoms. The molecule has 0 aliphatic rings. The van der Waals surface area contributed by atoms with Gasteiger partial charge in [-0.3, -0.25) is 5.32 Å². The molecular formula is C15H21N. The zero-order valence-electron chi connectivity index (χ0n) is 10.6. The van der Waals surface area contributed by atoms with Crippen LogP contribution in [-0.4, -0.2) is 5.54 Å². The van der Waals surface area contributed by atoms with Crippen molar-refractivity contribution in [2.24, 2.45) is 5.92 Å². The summed E-state index contributed by atoms with van der Waals surface area (Å²) in [6, 6.07) is 10.7. The van der Waals surface area contributed by atoms with Crippen LogP contribution in [0.3, 0.4) is 0 Å². The Morgan fingerprint density at radius 3 is 2.19 bits per heavy atom. The molecule has 0 saturated carbocycles. The Kier molecular flexibility index (Phi) is 4.15. The molecule has 1 aromatic carbocycles. The fourth-order valence-electron chi connectivity index (χ4n) is 1.73. The lowest BCUT2D eigenvalue weighted by Gasteiger charge is -2.30. The number of rotatable bonds is 4. The van der Waals surface area contributed by atoms with Crippen molar-refractivity contribution in [3.8, 4) is 12.3 Å². The lowest BCUT2D eigenvalue weighted by Crippen LogP contribution is -2.42. The molecule has 1 aromatic rings. The van der Waals surface area contributed by atoms with E-state index < -0.39 is 0 Å². The van der Waals surface area contributed by atoms with Crippen molar-refractivity contribution in [2.45, 2.75) is 39.3 Å². The number of hydrogen-bond acceptors (Lipinski definition) is 1. The van der Waals surface area contributed by atoms with E-state index in [4.69, 9.17) is 6.42 Å². The molecule has 1 nitrogen and oxygen atoms in total. The van der Waals surface area contributed by atoms with Crippen molar-refractivity contribution in [2.75, 3.05) is 0 Å². The van der Waals surface area contributed by atoms with Crippen molar-refractivity contribution in [3.05, 3.63) is 35.9 Å². The van der Waals surface area contributed by atoms with Crippen molar-refractivity contribution in [1.82, 2.24) is 5.32 Å². The van der Waals surface area contributed by atoms with Gasteiger partial charge in [-0.15, -0.1) is 6.42 Å². The highest BCUT2D eigenvalue weighted by molar-refractivity contribution is 5.21. The van der Waals surface area contributed by atoms with Crippen LogP contribution in [0.5, 0.6) is 0 Å². The molecule has 1 rings (SSSR count). The van der Waals surface area contributed by atoms with Gasteiger partial charge in [0.15, 0.2) is 0 Å². The normalized spacial score (nSPS) is 13.5. The smallest absolute Gasteiger partial charge is 0.0746 e. The summed E-state index contributed by atoms with van der Waals surface area (Å²) in [5.41, 5.74) is 1.02. The molecule has 0 aliphatic carbocycles. The van der Waals surface area contributed by atoms with Crippen LogP contribution in [0.2, 0.25) is 0 Å². The van der Waals surface area contributed by atoms with Crippen molar-refractivity contribution < 1.29 is 0 Å². The Balaban J connectivity index is 2.90. The molecule has 1 unspecified atom stereocenters. The third kappa shape index (κ3) is 3.40. The number of terminal acetylenes is 1. The van der Waals surface area contributed by atoms with Crippen LogP contribution in [0, 0.1) is 18.3 Å². The standard InChI is InChI=1S/C15H21N/c1-6-15(4,5)16-14(12(2)3)13-10-8-7-9-11-13/h1,7-12,14,16H,2-5H3. The Morgan fingerprint density at radius 1 is 1.19 bits per heavy atom. The Hall–Kier alpha value is -1.26. The third-order valence-corrected chi connectivity index (χ3v) is 2.70. The zero-order chi connectivity index (χ0) is 12.2. The number of benzene rings is 1. The highest BCUT2D eigenvalue weighted by atomic mass is 15.0. The summed E-state index contributed by atoms with van der Waals surface area (Å²) >= 11 is 0. The SMILES string of the molecule is C#CC(C)(C)NC(c1ccccc1)C(C)C. The molecule has 86 valence electrons. The van der Waals surface area contributed by atoms with Crippen LogP contribution in [0.25, 0.3) is 0 Å². The van der Waals surface area contributed by atoms with Gasteiger partial charge in [0, 0.05) is 6.04 Å². The molecule has 0 fully saturated rings. The lowest BCUT2D eigenvalue weighted by atomic mass is 9.93. The van der Waals surface area contributed by atoms with Crippen molar-refractivity contribution >= 4 is 0 Å². The summed E-state index contributed by atoms with van der Waals surface area (Å²) in [7, 11) is 0. The van der Waals surface area contributed by atoms with Crippen molar-refractivity contribution in [3.63, 3.8) is 0 Å². The minimum absolute atomic E-state index is 0.273. The predicted octanol–water partition coefficient (Wildman–Crippen LogP) is 3.39. The summed E-state index contributed by atoms with van der Waals surface area (Å²) < 4.78 is 0. The molecule has 1 atom stereocenters. The van der Waals surface area contributed by atoms with Gasteiger partial charge in [0.1, 0.15) is 0 Å². The summed E-state index contributed by atoms with van der Waals surface area (Å²) in [6.07, 6.45) is 5.52. The molecule has 0 radical (unpaired) electrons. The quantitative estimate of drug-likeness (QED) is 0.759. The topological polar surface area (TPSA) is 12.0 Å². The lowest BCUT2D eigenvalue weighted by molar-refractivity contribution is 0.340. The van der Waals surface area contributed by atoms with E-state index in [9.17, 15) is 0 Å².